The van der Waals surface area contributed by atoms with E-state index in [4.69, 9.17) is 5.73 Å². The minimum Gasteiger partial charge on any atom is -0.397 e. The standard InChI is InChI=1S/C15H22N4OS/c1-3-9-19(4-2)10-8-17-14(20)13-12(16)11-6-5-7-18-15(11)21-13/h5-7H,3-4,8-10,16H2,1-2H3,(H,17,20). The molecule has 3 N–H and O–H groups in total. The van der Waals surface area contributed by atoms with Gasteiger partial charge in [-0.15, -0.1) is 11.3 Å². The van der Waals surface area contributed by atoms with Crippen LogP contribution >= 0.6 is 11.3 Å². The van der Waals surface area contributed by atoms with Gasteiger partial charge in [0.1, 0.15) is 9.71 Å². The van der Waals surface area contributed by atoms with E-state index in [1.165, 1.54) is 11.3 Å². The predicted octanol–water partition coefficient (Wildman–Crippen LogP) is 2.34. The molecule has 2 rings (SSSR count). The Kier molecular flexibility index (Phi) is 5.52. The third kappa shape index (κ3) is 3.71. The Hall–Kier alpha value is -1.66. The molecular formula is C15H22N4OS. The number of hydrogen-bond acceptors (Lipinski definition) is 5. The summed E-state index contributed by atoms with van der Waals surface area (Å²) < 4.78 is 0. The highest BCUT2D eigenvalue weighted by Crippen LogP contribution is 2.31. The van der Waals surface area contributed by atoms with Gasteiger partial charge in [-0.25, -0.2) is 4.98 Å². The molecule has 0 fully saturated rings. The van der Waals surface area contributed by atoms with Gasteiger partial charge in [0.15, 0.2) is 0 Å². The summed E-state index contributed by atoms with van der Waals surface area (Å²) in [6.45, 7) is 7.84. The van der Waals surface area contributed by atoms with Crippen LogP contribution in [0, 0.1) is 0 Å². The second kappa shape index (κ2) is 7.38. The molecule has 0 aliphatic carbocycles. The van der Waals surface area contributed by atoms with Crippen LogP contribution in [0.1, 0.15) is 29.9 Å². The topological polar surface area (TPSA) is 71.2 Å². The highest BCUT2D eigenvalue weighted by Gasteiger charge is 2.16. The lowest BCUT2D eigenvalue weighted by Crippen LogP contribution is -2.35. The molecule has 0 bridgehead atoms. The number of nitrogens with two attached hydrogens (primary N) is 1. The van der Waals surface area contributed by atoms with Crippen LogP contribution in [0.25, 0.3) is 10.2 Å². The first-order valence-corrected chi connectivity index (χ1v) is 8.12. The predicted molar refractivity (Wildman–Crippen MR) is 88.8 cm³/mol. The Bertz CT molecular complexity index is 611. The van der Waals surface area contributed by atoms with E-state index in [0.717, 1.165) is 36.3 Å². The normalized spacial score (nSPS) is 11.2. The molecule has 0 saturated carbocycles. The van der Waals surface area contributed by atoms with Crippen molar-refractivity contribution in [1.29, 1.82) is 0 Å². The van der Waals surface area contributed by atoms with Gasteiger partial charge >= 0.3 is 0 Å². The molecule has 0 spiro atoms. The first-order chi connectivity index (χ1) is 10.2. The van der Waals surface area contributed by atoms with Crippen LogP contribution in [0.2, 0.25) is 0 Å². The van der Waals surface area contributed by atoms with Gasteiger partial charge in [-0.05, 0) is 31.6 Å². The molecule has 0 aliphatic rings. The SMILES string of the molecule is CCCN(CC)CCNC(=O)c1sc2ncccc2c1N. The minimum absolute atomic E-state index is 0.108. The van der Waals surface area contributed by atoms with E-state index in [-0.39, 0.29) is 5.91 Å². The highest BCUT2D eigenvalue weighted by molar-refractivity contribution is 7.21. The number of fused-ring (bicyclic) bond motifs is 1. The van der Waals surface area contributed by atoms with Crippen LogP contribution < -0.4 is 11.1 Å². The smallest absolute Gasteiger partial charge is 0.263 e. The maximum atomic E-state index is 12.2. The molecule has 0 saturated heterocycles. The monoisotopic (exact) mass is 306 g/mol. The van der Waals surface area contributed by atoms with E-state index in [9.17, 15) is 4.79 Å². The molecule has 0 aromatic carbocycles. The number of carbonyl (C=O) groups is 1. The number of amides is 1. The minimum atomic E-state index is -0.108. The lowest BCUT2D eigenvalue weighted by atomic mass is 10.2. The van der Waals surface area contributed by atoms with Gasteiger partial charge < -0.3 is 16.0 Å². The molecule has 0 radical (unpaired) electrons. The zero-order chi connectivity index (χ0) is 15.2. The molecule has 1 amide bonds. The molecule has 114 valence electrons. The van der Waals surface area contributed by atoms with E-state index in [2.05, 4.69) is 29.0 Å². The van der Waals surface area contributed by atoms with E-state index in [1.54, 1.807) is 6.20 Å². The van der Waals surface area contributed by atoms with Gasteiger partial charge in [-0.1, -0.05) is 13.8 Å². The molecule has 0 atom stereocenters. The first kappa shape index (κ1) is 15.7. The van der Waals surface area contributed by atoms with Crippen LogP contribution in [0.15, 0.2) is 18.3 Å². The third-order valence-corrected chi connectivity index (χ3v) is 4.54. The van der Waals surface area contributed by atoms with Crippen molar-refractivity contribution in [1.82, 2.24) is 15.2 Å². The lowest BCUT2D eigenvalue weighted by molar-refractivity contribution is 0.0953. The number of carbonyl (C=O) groups excluding carboxylic acids is 1. The summed E-state index contributed by atoms with van der Waals surface area (Å²) in [6, 6.07) is 3.72. The zero-order valence-electron chi connectivity index (χ0n) is 12.6. The van der Waals surface area contributed by atoms with Crippen LogP contribution in [0.3, 0.4) is 0 Å². The molecule has 2 aromatic heterocycles. The number of likely N-dealkylation sites (N-methyl/N-ethyl adjacent to an activating group) is 1. The van der Waals surface area contributed by atoms with Gasteiger partial charge in [0, 0.05) is 24.7 Å². The Labute approximate surface area is 129 Å². The summed E-state index contributed by atoms with van der Waals surface area (Å²) in [5.74, 6) is -0.108. The fourth-order valence-corrected chi connectivity index (χ4v) is 3.25. The number of nitrogen functional groups attached to an aromatic ring is 1. The molecule has 0 aliphatic heterocycles. The highest BCUT2D eigenvalue weighted by atomic mass is 32.1. The van der Waals surface area contributed by atoms with Gasteiger partial charge in [-0.3, -0.25) is 4.79 Å². The third-order valence-electron chi connectivity index (χ3n) is 3.41. The molecule has 21 heavy (non-hydrogen) atoms. The quantitative estimate of drug-likeness (QED) is 0.823. The Morgan fingerprint density at radius 3 is 2.90 bits per heavy atom. The largest absolute Gasteiger partial charge is 0.397 e. The summed E-state index contributed by atoms with van der Waals surface area (Å²) in [5.41, 5.74) is 6.57. The second-order valence-electron chi connectivity index (χ2n) is 4.89. The lowest BCUT2D eigenvalue weighted by Gasteiger charge is -2.19. The van der Waals surface area contributed by atoms with Crippen LogP contribution in [0.5, 0.6) is 0 Å². The molecule has 2 aromatic rings. The second-order valence-corrected chi connectivity index (χ2v) is 5.89. The summed E-state index contributed by atoms with van der Waals surface area (Å²) in [7, 11) is 0. The maximum absolute atomic E-state index is 12.2. The number of aromatic nitrogens is 1. The summed E-state index contributed by atoms with van der Waals surface area (Å²) >= 11 is 1.35. The Morgan fingerprint density at radius 1 is 1.43 bits per heavy atom. The number of nitrogens with one attached hydrogen (secondary N) is 1. The van der Waals surface area contributed by atoms with Crippen molar-refractivity contribution in [3.05, 3.63) is 23.2 Å². The van der Waals surface area contributed by atoms with Crippen molar-refractivity contribution < 1.29 is 4.79 Å². The van der Waals surface area contributed by atoms with Crippen LogP contribution in [-0.4, -0.2) is 42.0 Å². The van der Waals surface area contributed by atoms with Gasteiger partial charge in [0.05, 0.1) is 5.69 Å². The van der Waals surface area contributed by atoms with Gasteiger partial charge in [-0.2, -0.15) is 0 Å². The first-order valence-electron chi connectivity index (χ1n) is 7.30. The maximum Gasteiger partial charge on any atom is 0.263 e. The fourth-order valence-electron chi connectivity index (χ4n) is 2.27. The number of nitrogens with zero attached hydrogens (tertiary/aromatic N) is 2. The van der Waals surface area contributed by atoms with Gasteiger partial charge in [0.2, 0.25) is 0 Å². The number of rotatable bonds is 7. The van der Waals surface area contributed by atoms with E-state index in [1.807, 2.05) is 12.1 Å². The molecule has 0 unspecified atom stereocenters. The van der Waals surface area contributed by atoms with Crippen molar-refractivity contribution in [3.8, 4) is 0 Å². The van der Waals surface area contributed by atoms with Crippen molar-refractivity contribution in [2.75, 3.05) is 31.9 Å². The number of thiophene rings is 1. The van der Waals surface area contributed by atoms with Crippen molar-refractivity contribution in [2.45, 2.75) is 20.3 Å². The van der Waals surface area contributed by atoms with Crippen LogP contribution in [-0.2, 0) is 0 Å². The van der Waals surface area contributed by atoms with Crippen molar-refractivity contribution >= 4 is 33.1 Å². The Balaban J connectivity index is 1.97. The average molecular weight is 306 g/mol. The molecule has 5 nitrogen and oxygen atoms in total. The fraction of sp³-hybridized carbons (Fsp3) is 0.467. The van der Waals surface area contributed by atoms with Crippen molar-refractivity contribution in [3.63, 3.8) is 0 Å². The number of pyridine rings is 1. The summed E-state index contributed by atoms with van der Waals surface area (Å²) in [4.78, 5) is 20.2. The number of hydrogen-bond donors (Lipinski definition) is 2. The van der Waals surface area contributed by atoms with E-state index in [0.29, 0.717) is 17.1 Å². The average Bonchev–Trinajstić information content (AvgIpc) is 2.84. The molecule has 2 heterocycles. The van der Waals surface area contributed by atoms with Crippen molar-refractivity contribution in [2.24, 2.45) is 0 Å². The van der Waals surface area contributed by atoms with E-state index < -0.39 is 0 Å². The summed E-state index contributed by atoms with van der Waals surface area (Å²) in [5, 5.41) is 3.80. The number of anilines is 1. The zero-order valence-corrected chi connectivity index (χ0v) is 13.4. The summed E-state index contributed by atoms with van der Waals surface area (Å²) in [6.07, 6.45) is 2.83. The molecule has 6 heteroatoms. The van der Waals surface area contributed by atoms with Gasteiger partial charge in [0.25, 0.3) is 5.91 Å². The molecular weight excluding hydrogens is 284 g/mol. The van der Waals surface area contributed by atoms with Crippen LogP contribution in [0.4, 0.5) is 5.69 Å². The van der Waals surface area contributed by atoms with E-state index >= 15 is 0 Å². The Morgan fingerprint density at radius 2 is 2.24 bits per heavy atom.